The molecule has 160 valence electrons. The maximum atomic E-state index is 12.8. The Morgan fingerprint density at radius 3 is 2.77 bits per heavy atom. The minimum Gasteiger partial charge on any atom is -0.326 e. The zero-order valence-corrected chi connectivity index (χ0v) is 18.7. The molecule has 0 aliphatic carbocycles. The molecule has 0 fully saturated rings. The van der Waals surface area contributed by atoms with E-state index in [-0.39, 0.29) is 11.7 Å². The van der Waals surface area contributed by atoms with Crippen molar-refractivity contribution in [3.8, 4) is 6.07 Å². The maximum Gasteiger partial charge on any atom is 0.235 e. The van der Waals surface area contributed by atoms with Gasteiger partial charge in [0.15, 0.2) is 5.16 Å². The fraction of sp³-hybridized carbons (Fsp3) is 0.391. The number of nitrogens with one attached hydrogen (secondary N) is 1. The number of nitriles is 1. The Kier molecular flexibility index (Phi) is 6.42. The number of carbonyl (C=O) groups is 1. The molecule has 0 saturated heterocycles. The highest BCUT2D eigenvalue weighted by atomic mass is 32.2. The Hall–Kier alpha value is -3.05. The number of nitrogens with zero attached hydrogens (tertiary/aromatic N) is 5. The van der Waals surface area contributed by atoms with Gasteiger partial charge in [-0.15, -0.1) is 10.2 Å². The largest absolute Gasteiger partial charge is 0.326 e. The summed E-state index contributed by atoms with van der Waals surface area (Å²) in [5.41, 5.74) is 3.50. The molecular weight excluding hydrogens is 408 g/mol. The van der Waals surface area contributed by atoms with Gasteiger partial charge in [0.1, 0.15) is 17.7 Å². The number of aromatic nitrogens is 4. The Labute approximate surface area is 186 Å². The minimum absolute atomic E-state index is 0.153. The number of rotatable bonds is 6. The van der Waals surface area contributed by atoms with Gasteiger partial charge in [0.25, 0.3) is 0 Å². The lowest BCUT2D eigenvalue weighted by Gasteiger charge is -2.13. The van der Waals surface area contributed by atoms with Gasteiger partial charge in [0, 0.05) is 25.2 Å². The summed E-state index contributed by atoms with van der Waals surface area (Å²) in [5, 5.41) is 22.1. The number of fused-ring (bicyclic) bond motifs is 1. The van der Waals surface area contributed by atoms with E-state index in [4.69, 9.17) is 0 Å². The van der Waals surface area contributed by atoms with Crippen LogP contribution in [0.15, 0.2) is 35.5 Å². The van der Waals surface area contributed by atoms with Crippen LogP contribution < -0.4 is 5.32 Å². The maximum absolute atomic E-state index is 12.8. The van der Waals surface area contributed by atoms with Crippen LogP contribution in [0.5, 0.6) is 0 Å². The van der Waals surface area contributed by atoms with Crippen molar-refractivity contribution in [3.05, 3.63) is 58.5 Å². The number of aryl methyl sites for hydroxylation is 1. The molecule has 4 rings (SSSR count). The molecule has 0 radical (unpaired) electrons. The first-order valence-corrected chi connectivity index (χ1v) is 11.6. The van der Waals surface area contributed by atoms with E-state index < -0.39 is 0 Å². The summed E-state index contributed by atoms with van der Waals surface area (Å²) in [5.74, 6) is 1.64. The molecule has 2 aromatic heterocycles. The SMILES string of the molecule is Cc1c(C#N)c(NC(=O)CSc2nnc3n2CCCCC3)n(Cc2ccccc2)c1C. The van der Waals surface area contributed by atoms with Gasteiger partial charge < -0.3 is 14.5 Å². The summed E-state index contributed by atoms with van der Waals surface area (Å²) >= 11 is 1.40. The molecule has 0 atom stereocenters. The van der Waals surface area contributed by atoms with Crippen LogP contribution in [0.1, 0.15) is 47.5 Å². The van der Waals surface area contributed by atoms with Crippen LogP contribution in [-0.2, 0) is 24.3 Å². The molecule has 1 amide bonds. The number of carbonyl (C=O) groups excluding carboxylic acids is 1. The van der Waals surface area contributed by atoms with E-state index >= 15 is 0 Å². The first-order valence-electron chi connectivity index (χ1n) is 10.6. The van der Waals surface area contributed by atoms with Crippen molar-refractivity contribution in [3.63, 3.8) is 0 Å². The Balaban J connectivity index is 1.51. The van der Waals surface area contributed by atoms with E-state index in [0.717, 1.165) is 53.6 Å². The van der Waals surface area contributed by atoms with Crippen molar-refractivity contribution in [2.75, 3.05) is 11.1 Å². The first kappa shape index (κ1) is 21.2. The minimum atomic E-state index is -0.153. The Morgan fingerprint density at radius 2 is 2.00 bits per heavy atom. The zero-order chi connectivity index (χ0) is 21.8. The molecule has 1 aliphatic rings. The lowest BCUT2D eigenvalue weighted by atomic mass is 10.2. The molecule has 1 aromatic carbocycles. The molecule has 0 unspecified atom stereocenters. The summed E-state index contributed by atoms with van der Waals surface area (Å²) < 4.78 is 4.15. The van der Waals surface area contributed by atoms with Crippen molar-refractivity contribution < 1.29 is 4.79 Å². The third kappa shape index (κ3) is 4.52. The van der Waals surface area contributed by atoms with Gasteiger partial charge in [-0.25, -0.2) is 0 Å². The molecule has 3 heterocycles. The number of benzene rings is 1. The van der Waals surface area contributed by atoms with Crippen LogP contribution in [0, 0.1) is 25.2 Å². The average molecular weight is 435 g/mol. The summed E-state index contributed by atoms with van der Waals surface area (Å²) in [7, 11) is 0. The second-order valence-corrected chi connectivity index (χ2v) is 8.76. The molecule has 31 heavy (non-hydrogen) atoms. The summed E-state index contributed by atoms with van der Waals surface area (Å²) in [4.78, 5) is 12.8. The van der Waals surface area contributed by atoms with Gasteiger partial charge in [-0.05, 0) is 37.8 Å². The lowest BCUT2D eigenvalue weighted by molar-refractivity contribution is -0.113. The molecule has 1 aliphatic heterocycles. The topological polar surface area (TPSA) is 88.5 Å². The van der Waals surface area contributed by atoms with Gasteiger partial charge in [0.05, 0.1) is 11.3 Å². The van der Waals surface area contributed by atoms with Crippen LogP contribution in [0.3, 0.4) is 0 Å². The van der Waals surface area contributed by atoms with Crippen molar-refractivity contribution in [2.45, 2.75) is 57.8 Å². The third-order valence-electron chi connectivity index (χ3n) is 5.79. The molecule has 0 spiro atoms. The molecule has 0 bridgehead atoms. The molecule has 7 nitrogen and oxygen atoms in total. The van der Waals surface area contributed by atoms with Crippen LogP contribution in [0.25, 0.3) is 0 Å². The fourth-order valence-corrected chi connectivity index (χ4v) is 4.74. The third-order valence-corrected chi connectivity index (χ3v) is 6.76. The van der Waals surface area contributed by atoms with E-state index in [1.165, 1.54) is 18.2 Å². The molecule has 3 aromatic rings. The van der Waals surface area contributed by atoms with Crippen LogP contribution in [0.4, 0.5) is 5.82 Å². The zero-order valence-electron chi connectivity index (χ0n) is 17.9. The highest BCUT2D eigenvalue weighted by Gasteiger charge is 2.21. The molecule has 1 N–H and O–H groups in total. The summed E-state index contributed by atoms with van der Waals surface area (Å²) in [6.45, 7) is 5.40. The second kappa shape index (κ2) is 9.40. The second-order valence-electron chi connectivity index (χ2n) is 7.82. The van der Waals surface area contributed by atoms with Gasteiger partial charge in [-0.3, -0.25) is 4.79 Å². The van der Waals surface area contributed by atoms with Crippen LogP contribution >= 0.6 is 11.8 Å². The first-order chi connectivity index (χ1) is 15.1. The van der Waals surface area contributed by atoms with E-state index in [0.29, 0.717) is 17.9 Å². The predicted molar refractivity (Wildman–Crippen MR) is 121 cm³/mol. The van der Waals surface area contributed by atoms with E-state index in [9.17, 15) is 10.1 Å². The van der Waals surface area contributed by atoms with Gasteiger partial charge in [-0.2, -0.15) is 5.26 Å². The quantitative estimate of drug-likeness (QED) is 0.591. The van der Waals surface area contributed by atoms with Crippen molar-refractivity contribution in [2.24, 2.45) is 0 Å². The van der Waals surface area contributed by atoms with Crippen LogP contribution in [0.2, 0.25) is 0 Å². The number of thioether (sulfide) groups is 1. The van der Waals surface area contributed by atoms with Gasteiger partial charge in [0.2, 0.25) is 5.91 Å². The Bertz CT molecular complexity index is 1130. The number of hydrogen-bond donors (Lipinski definition) is 1. The number of anilines is 1. The molecule has 0 saturated carbocycles. The standard InChI is InChI=1S/C23H26N6OS/c1-16-17(2)29(14-18-9-5-3-6-10-18)22(19(16)13-24)25-21(30)15-31-23-27-26-20-11-7-4-8-12-28(20)23/h3,5-6,9-10H,4,7-8,11-12,14-15H2,1-2H3,(H,25,30). The highest BCUT2D eigenvalue weighted by Crippen LogP contribution is 2.28. The van der Waals surface area contributed by atoms with Crippen molar-refractivity contribution >= 4 is 23.5 Å². The molecular formula is C23H26N6OS. The smallest absolute Gasteiger partial charge is 0.235 e. The van der Waals surface area contributed by atoms with E-state index in [1.54, 1.807) is 0 Å². The van der Waals surface area contributed by atoms with Crippen molar-refractivity contribution in [1.82, 2.24) is 19.3 Å². The van der Waals surface area contributed by atoms with Crippen molar-refractivity contribution in [1.29, 1.82) is 5.26 Å². The Morgan fingerprint density at radius 1 is 1.19 bits per heavy atom. The molecule has 8 heteroatoms. The normalized spacial score (nSPS) is 13.3. The van der Waals surface area contributed by atoms with Crippen LogP contribution in [-0.4, -0.2) is 31.0 Å². The summed E-state index contributed by atoms with van der Waals surface area (Å²) in [6.07, 6.45) is 4.39. The van der Waals surface area contributed by atoms with E-state index in [1.807, 2.05) is 48.7 Å². The fourth-order valence-electron chi connectivity index (χ4n) is 3.96. The van der Waals surface area contributed by atoms with Gasteiger partial charge >= 0.3 is 0 Å². The monoisotopic (exact) mass is 434 g/mol. The number of hydrogen-bond acceptors (Lipinski definition) is 5. The van der Waals surface area contributed by atoms with Gasteiger partial charge in [-0.1, -0.05) is 48.5 Å². The summed E-state index contributed by atoms with van der Waals surface area (Å²) in [6, 6.07) is 12.3. The average Bonchev–Trinajstić information content (AvgIpc) is 3.14. The van der Waals surface area contributed by atoms with E-state index in [2.05, 4.69) is 26.2 Å². The highest BCUT2D eigenvalue weighted by molar-refractivity contribution is 7.99. The predicted octanol–water partition coefficient (Wildman–Crippen LogP) is 4.07. The lowest BCUT2D eigenvalue weighted by Crippen LogP contribution is -2.19. The number of amides is 1.